The summed E-state index contributed by atoms with van der Waals surface area (Å²) in [5, 5.41) is 4.39. The molecule has 0 saturated carbocycles. The zero-order valence-electron chi connectivity index (χ0n) is 14.0. The first-order valence-corrected chi connectivity index (χ1v) is 9.33. The first kappa shape index (κ1) is 18.4. The molecule has 0 bridgehead atoms. The summed E-state index contributed by atoms with van der Waals surface area (Å²) in [4.78, 5) is 0. The van der Waals surface area contributed by atoms with Crippen molar-refractivity contribution in [2.75, 3.05) is 18.9 Å². The Kier molecular flexibility index (Phi) is 9.60. The molecule has 0 fully saturated rings. The molecule has 0 aromatic heterocycles. The van der Waals surface area contributed by atoms with E-state index in [0.717, 1.165) is 36.3 Å². The summed E-state index contributed by atoms with van der Waals surface area (Å²) < 4.78 is 5.66. The van der Waals surface area contributed by atoms with Gasteiger partial charge in [0.15, 0.2) is 0 Å². The van der Waals surface area contributed by atoms with Crippen LogP contribution >= 0.6 is 11.8 Å². The maximum Gasteiger partial charge on any atom is 0.119 e. The highest BCUT2D eigenvalue weighted by atomic mass is 32.2. The Labute approximate surface area is 135 Å². The highest BCUT2D eigenvalue weighted by Crippen LogP contribution is 2.24. The molecule has 1 aromatic rings. The van der Waals surface area contributed by atoms with Gasteiger partial charge in [-0.3, -0.25) is 0 Å². The Balaban J connectivity index is 2.63. The molecular formula is C18H31NOS. The lowest BCUT2D eigenvalue weighted by molar-refractivity contribution is 0.317. The van der Waals surface area contributed by atoms with Gasteiger partial charge in [0.1, 0.15) is 5.75 Å². The van der Waals surface area contributed by atoms with Crippen LogP contribution in [0, 0.1) is 0 Å². The molecule has 1 N–H and O–H groups in total. The van der Waals surface area contributed by atoms with Crippen molar-refractivity contribution in [1.82, 2.24) is 5.32 Å². The van der Waals surface area contributed by atoms with Gasteiger partial charge in [-0.2, -0.15) is 11.8 Å². The second kappa shape index (κ2) is 11.0. The topological polar surface area (TPSA) is 21.3 Å². The van der Waals surface area contributed by atoms with E-state index in [9.17, 15) is 0 Å². The molecule has 0 saturated heterocycles. The third-order valence-corrected chi connectivity index (χ3v) is 4.95. The van der Waals surface area contributed by atoms with Gasteiger partial charge in [0, 0.05) is 17.0 Å². The van der Waals surface area contributed by atoms with Gasteiger partial charge in [0.25, 0.3) is 0 Å². The average Bonchev–Trinajstić information content (AvgIpc) is 2.53. The molecule has 0 aliphatic carbocycles. The molecule has 3 heteroatoms. The minimum absolute atomic E-state index is 0.434. The normalized spacial score (nSPS) is 13.9. The molecule has 1 aromatic carbocycles. The van der Waals surface area contributed by atoms with Gasteiger partial charge in [-0.25, -0.2) is 0 Å². The average molecular weight is 310 g/mol. The van der Waals surface area contributed by atoms with Crippen LogP contribution in [0.2, 0.25) is 0 Å². The highest BCUT2D eigenvalue weighted by Gasteiger charge is 2.12. The Hall–Kier alpha value is -0.670. The second-order valence-corrected chi connectivity index (χ2v) is 6.95. The van der Waals surface area contributed by atoms with Crippen molar-refractivity contribution in [3.63, 3.8) is 0 Å². The second-order valence-electron chi connectivity index (χ2n) is 5.48. The van der Waals surface area contributed by atoms with E-state index < -0.39 is 0 Å². The Bertz CT molecular complexity index is 366. The molecule has 2 nitrogen and oxygen atoms in total. The minimum Gasteiger partial charge on any atom is -0.494 e. The van der Waals surface area contributed by atoms with Gasteiger partial charge in [-0.05, 0) is 43.5 Å². The third-order valence-electron chi connectivity index (χ3n) is 3.52. The fourth-order valence-electron chi connectivity index (χ4n) is 1.99. The molecule has 0 spiro atoms. The fraction of sp³-hybridized carbons (Fsp3) is 0.667. The third kappa shape index (κ3) is 7.23. The number of thioether (sulfide) groups is 1. The van der Waals surface area contributed by atoms with Gasteiger partial charge < -0.3 is 10.1 Å². The van der Waals surface area contributed by atoms with Crippen molar-refractivity contribution < 1.29 is 4.74 Å². The maximum atomic E-state index is 5.66. The van der Waals surface area contributed by atoms with Crippen LogP contribution in [-0.4, -0.2) is 24.2 Å². The fourth-order valence-corrected chi connectivity index (χ4v) is 3.05. The van der Waals surface area contributed by atoms with Crippen LogP contribution in [-0.2, 0) is 0 Å². The molecule has 2 unspecified atom stereocenters. The van der Waals surface area contributed by atoms with Crippen LogP contribution in [0.5, 0.6) is 5.75 Å². The van der Waals surface area contributed by atoms with Crippen LogP contribution in [0.1, 0.15) is 58.6 Å². The van der Waals surface area contributed by atoms with Crippen LogP contribution in [0.25, 0.3) is 0 Å². The summed E-state index contributed by atoms with van der Waals surface area (Å²) in [6.07, 6.45) is 3.45. The van der Waals surface area contributed by atoms with Crippen LogP contribution < -0.4 is 10.1 Å². The minimum atomic E-state index is 0.434. The van der Waals surface area contributed by atoms with Gasteiger partial charge in [-0.1, -0.05) is 39.8 Å². The van der Waals surface area contributed by atoms with Crippen molar-refractivity contribution in [3.8, 4) is 5.75 Å². The largest absolute Gasteiger partial charge is 0.494 e. The molecule has 0 aliphatic rings. The van der Waals surface area contributed by atoms with Crippen molar-refractivity contribution in [2.24, 2.45) is 0 Å². The number of benzene rings is 1. The summed E-state index contributed by atoms with van der Waals surface area (Å²) in [6.45, 7) is 10.8. The van der Waals surface area contributed by atoms with E-state index in [1.807, 2.05) is 0 Å². The zero-order valence-corrected chi connectivity index (χ0v) is 14.8. The van der Waals surface area contributed by atoms with Crippen LogP contribution in [0.3, 0.4) is 0 Å². The molecule has 120 valence electrons. The van der Waals surface area contributed by atoms with E-state index in [-0.39, 0.29) is 0 Å². The molecule has 1 rings (SSSR count). The van der Waals surface area contributed by atoms with Gasteiger partial charge in [-0.15, -0.1) is 0 Å². The van der Waals surface area contributed by atoms with Gasteiger partial charge in [0.2, 0.25) is 0 Å². The standard InChI is InChI=1S/C18H31NOS/c1-5-12-19-18(14-21-15(4)7-3)16-8-10-17(11-9-16)20-13-6-2/h8-11,15,18-19H,5-7,12-14H2,1-4H3. The molecule has 2 atom stereocenters. The smallest absolute Gasteiger partial charge is 0.119 e. The van der Waals surface area contributed by atoms with E-state index in [0.29, 0.717) is 6.04 Å². The van der Waals surface area contributed by atoms with Gasteiger partial charge >= 0.3 is 0 Å². The first-order chi connectivity index (χ1) is 10.2. The predicted octanol–water partition coefficient (Wildman–Crippen LogP) is 5.05. The van der Waals surface area contributed by atoms with Gasteiger partial charge in [0.05, 0.1) is 6.61 Å². The number of rotatable bonds is 11. The molecule has 21 heavy (non-hydrogen) atoms. The zero-order chi connectivity index (χ0) is 15.5. The van der Waals surface area contributed by atoms with Crippen LogP contribution in [0.4, 0.5) is 0 Å². The lowest BCUT2D eigenvalue weighted by atomic mass is 10.1. The Morgan fingerprint density at radius 2 is 1.81 bits per heavy atom. The summed E-state index contributed by atoms with van der Waals surface area (Å²) in [7, 11) is 0. The van der Waals surface area contributed by atoms with E-state index >= 15 is 0 Å². The number of ether oxygens (including phenoxy) is 1. The molecule has 0 amide bonds. The lowest BCUT2D eigenvalue weighted by Gasteiger charge is -2.21. The van der Waals surface area contributed by atoms with E-state index in [2.05, 4.69) is 69.0 Å². The molecule has 0 radical (unpaired) electrons. The van der Waals surface area contributed by atoms with Crippen LogP contribution in [0.15, 0.2) is 24.3 Å². The number of nitrogens with one attached hydrogen (secondary N) is 1. The number of hydrogen-bond acceptors (Lipinski definition) is 3. The quantitative estimate of drug-likeness (QED) is 0.618. The number of hydrogen-bond donors (Lipinski definition) is 1. The van der Waals surface area contributed by atoms with Crippen molar-refractivity contribution in [2.45, 2.75) is 58.2 Å². The molecular weight excluding hydrogens is 278 g/mol. The van der Waals surface area contributed by atoms with E-state index in [1.165, 1.54) is 18.4 Å². The SMILES string of the molecule is CCCNC(CSC(C)CC)c1ccc(OCCC)cc1. The van der Waals surface area contributed by atoms with E-state index in [1.54, 1.807) is 0 Å². The maximum absolute atomic E-state index is 5.66. The Morgan fingerprint density at radius 3 is 2.38 bits per heavy atom. The summed E-state index contributed by atoms with van der Waals surface area (Å²) in [6, 6.07) is 9.04. The molecule has 0 heterocycles. The summed E-state index contributed by atoms with van der Waals surface area (Å²) in [5.74, 6) is 2.11. The van der Waals surface area contributed by atoms with Crippen molar-refractivity contribution in [1.29, 1.82) is 0 Å². The predicted molar refractivity (Wildman–Crippen MR) is 95.5 cm³/mol. The Morgan fingerprint density at radius 1 is 1.10 bits per heavy atom. The van der Waals surface area contributed by atoms with Crippen molar-refractivity contribution >= 4 is 11.8 Å². The highest BCUT2D eigenvalue weighted by molar-refractivity contribution is 7.99. The van der Waals surface area contributed by atoms with E-state index in [4.69, 9.17) is 4.74 Å². The first-order valence-electron chi connectivity index (χ1n) is 8.28. The summed E-state index contributed by atoms with van der Waals surface area (Å²) >= 11 is 2.05. The lowest BCUT2D eigenvalue weighted by Crippen LogP contribution is -2.24. The summed E-state index contributed by atoms with van der Waals surface area (Å²) in [5.41, 5.74) is 1.36. The monoisotopic (exact) mass is 309 g/mol. The van der Waals surface area contributed by atoms with Crippen molar-refractivity contribution in [3.05, 3.63) is 29.8 Å². The molecule has 0 aliphatic heterocycles.